The fraction of sp³-hybridized carbons (Fsp3) is 0.556. The SMILES string of the molecule is CCC#CC(C)C(C)c1c(C)cc(OC)c(C)c1C. The molecule has 1 rings (SSSR count). The van der Waals surface area contributed by atoms with Crippen LogP contribution in [0.1, 0.15) is 55.4 Å². The molecular formula is C18H26O. The molecule has 1 aromatic carbocycles. The second kappa shape index (κ2) is 6.66. The van der Waals surface area contributed by atoms with E-state index in [0.717, 1.165) is 12.2 Å². The Bertz CT molecular complexity index is 503. The molecule has 0 aromatic heterocycles. The molecule has 0 aliphatic rings. The molecule has 0 heterocycles. The van der Waals surface area contributed by atoms with Gasteiger partial charge in [-0.3, -0.25) is 0 Å². The van der Waals surface area contributed by atoms with Gasteiger partial charge < -0.3 is 4.74 Å². The molecule has 0 spiro atoms. The highest BCUT2D eigenvalue weighted by atomic mass is 16.5. The van der Waals surface area contributed by atoms with Crippen molar-refractivity contribution in [3.05, 3.63) is 28.3 Å². The lowest BCUT2D eigenvalue weighted by Gasteiger charge is -2.23. The Balaban J connectivity index is 3.24. The van der Waals surface area contributed by atoms with E-state index in [0.29, 0.717) is 11.8 Å². The minimum absolute atomic E-state index is 0.380. The van der Waals surface area contributed by atoms with E-state index in [9.17, 15) is 0 Å². The quantitative estimate of drug-likeness (QED) is 0.709. The van der Waals surface area contributed by atoms with Gasteiger partial charge in [0.1, 0.15) is 5.75 Å². The van der Waals surface area contributed by atoms with Crippen LogP contribution in [-0.2, 0) is 0 Å². The van der Waals surface area contributed by atoms with Gasteiger partial charge >= 0.3 is 0 Å². The fourth-order valence-corrected chi connectivity index (χ4v) is 2.62. The summed E-state index contributed by atoms with van der Waals surface area (Å²) >= 11 is 0. The molecule has 0 saturated carbocycles. The molecule has 0 aliphatic carbocycles. The van der Waals surface area contributed by atoms with Crippen LogP contribution in [0.3, 0.4) is 0 Å². The summed E-state index contributed by atoms with van der Waals surface area (Å²) < 4.78 is 5.44. The molecule has 1 aromatic rings. The predicted molar refractivity (Wildman–Crippen MR) is 82.9 cm³/mol. The van der Waals surface area contributed by atoms with Gasteiger partial charge in [0, 0.05) is 12.3 Å². The minimum atomic E-state index is 0.380. The maximum Gasteiger partial charge on any atom is 0.122 e. The van der Waals surface area contributed by atoms with Gasteiger partial charge in [-0.05, 0) is 55.0 Å². The zero-order valence-electron chi connectivity index (χ0n) is 13.3. The standard InChI is InChI=1S/C18H26O/c1-8-9-10-12(2)14(4)18-13(3)11-17(19-7)15(5)16(18)6/h11-12,14H,8H2,1-7H3. The molecule has 1 nitrogen and oxygen atoms in total. The number of hydrogen-bond acceptors (Lipinski definition) is 1. The summed E-state index contributed by atoms with van der Waals surface area (Å²) in [6.07, 6.45) is 0.927. The van der Waals surface area contributed by atoms with Crippen LogP contribution in [-0.4, -0.2) is 7.11 Å². The summed E-state index contributed by atoms with van der Waals surface area (Å²) in [7, 11) is 1.74. The van der Waals surface area contributed by atoms with Gasteiger partial charge in [0.15, 0.2) is 0 Å². The summed E-state index contributed by atoms with van der Waals surface area (Å²) in [6.45, 7) is 13.1. The van der Waals surface area contributed by atoms with Gasteiger partial charge in [-0.25, -0.2) is 0 Å². The molecule has 0 N–H and O–H groups in total. The Morgan fingerprint density at radius 2 is 1.79 bits per heavy atom. The smallest absolute Gasteiger partial charge is 0.122 e. The van der Waals surface area contributed by atoms with Crippen molar-refractivity contribution < 1.29 is 4.74 Å². The number of rotatable bonds is 3. The number of methoxy groups -OCH3 is 1. The lowest BCUT2D eigenvalue weighted by atomic mass is 9.82. The normalized spacial score (nSPS) is 13.4. The van der Waals surface area contributed by atoms with Crippen LogP contribution >= 0.6 is 0 Å². The average Bonchev–Trinajstić information content (AvgIpc) is 2.39. The highest BCUT2D eigenvalue weighted by Gasteiger charge is 2.19. The summed E-state index contributed by atoms with van der Waals surface area (Å²) in [5, 5.41) is 0. The van der Waals surface area contributed by atoms with Crippen molar-refractivity contribution in [3.63, 3.8) is 0 Å². The van der Waals surface area contributed by atoms with Crippen molar-refractivity contribution in [2.45, 2.75) is 53.9 Å². The second-order valence-corrected chi connectivity index (χ2v) is 5.31. The molecule has 0 radical (unpaired) electrons. The van der Waals surface area contributed by atoms with Crippen LogP contribution in [0.25, 0.3) is 0 Å². The number of ether oxygens (including phenoxy) is 1. The lowest BCUT2D eigenvalue weighted by Crippen LogP contribution is -2.09. The van der Waals surface area contributed by atoms with Crippen molar-refractivity contribution >= 4 is 0 Å². The van der Waals surface area contributed by atoms with Crippen LogP contribution in [0.5, 0.6) is 5.75 Å². The van der Waals surface area contributed by atoms with Gasteiger partial charge in [0.05, 0.1) is 7.11 Å². The number of aryl methyl sites for hydroxylation is 1. The third kappa shape index (κ3) is 3.32. The Kier molecular flexibility index (Phi) is 5.48. The number of benzene rings is 1. The minimum Gasteiger partial charge on any atom is -0.496 e. The zero-order chi connectivity index (χ0) is 14.6. The first-order valence-corrected chi connectivity index (χ1v) is 7.07. The molecule has 2 unspecified atom stereocenters. The van der Waals surface area contributed by atoms with E-state index < -0.39 is 0 Å². The van der Waals surface area contributed by atoms with Crippen LogP contribution in [0.15, 0.2) is 6.07 Å². The highest BCUT2D eigenvalue weighted by molar-refractivity contribution is 5.49. The summed E-state index contributed by atoms with van der Waals surface area (Å²) in [5.74, 6) is 8.36. The molecule has 0 saturated heterocycles. The lowest BCUT2D eigenvalue weighted by molar-refractivity contribution is 0.410. The van der Waals surface area contributed by atoms with E-state index in [1.807, 2.05) is 0 Å². The van der Waals surface area contributed by atoms with Gasteiger partial charge in [-0.1, -0.05) is 26.7 Å². The largest absolute Gasteiger partial charge is 0.496 e. The van der Waals surface area contributed by atoms with Crippen LogP contribution in [0.4, 0.5) is 0 Å². The predicted octanol–water partition coefficient (Wildman–Crippen LogP) is 4.77. The fourth-order valence-electron chi connectivity index (χ4n) is 2.62. The van der Waals surface area contributed by atoms with E-state index in [1.165, 1.54) is 22.3 Å². The summed E-state index contributed by atoms with van der Waals surface area (Å²) in [4.78, 5) is 0. The molecular weight excluding hydrogens is 232 g/mol. The maximum absolute atomic E-state index is 5.44. The summed E-state index contributed by atoms with van der Waals surface area (Å²) in [5.41, 5.74) is 5.31. The van der Waals surface area contributed by atoms with Gasteiger partial charge in [-0.2, -0.15) is 0 Å². The third-order valence-electron chi connectivity index (χ3n) is 4.04. The van der Waals surface area contributed by atoms with E-state index in [-0.39, 0.29) is 0 Å². The van der Waals surface area contributed by atoms with Gasteiger partial charge in [-0.15, -0.1) is 5.92 Å². The van der Waals surface area contributed by atoms with Crippen molar-refractivity contribution in [2.75, 3.05) is 7.11 Å². The molecule has 0 fully saturated rings. The molecule has 0 bridgehead atoms. The average molecular weight is 258 g/mol. The van der Waals surface area contributed by atoms with Crippen molar-refractivity contribution in [2.24, 2.45) is 5.92 Å². The maximum atomic E-state index is 5.44. The molecule has 1 heteroatoms. The first-order valence-electron chi connectivity index (χ1n) is 7.07. The zero-order valence-corrected chi connectivity index (χ0v) is 13.3. The van der Waals surface area contributed by atoms with Crippen molar-refractivity contribution in [3.8, 4) is 17.6 Å². The monoisotopic (exact) mass is 258 g/mol. The Morgan fingerprint density at radius 1 is 1.16 bits per heavy atom. The summed E-state index contributed by atoms with van der Waals surface area (Å²) in [6, 6.07) is 2.15. The molecule has 0 amide bonds. The number of hydrogen-bond donors (Lipinski definition) is 0. The second-order valence-electron chi connectivity index (χ2n) is 5.31. The third-order valence-corrected chi connectivity index (χ3v) is 4.04. The van der Waals surface area contributed by atoms with Crippen molar-refractivity contribution in [1.29, 1.82) is 0 Å². The Labute approximate surface area is 118 Å². The van der Waals surface area contributed by atoms with Crippen LogP contribution in [0, 0.1) is 38.5 Å². The first-order chi connectivity index (χ1) is 8.93. The highest BCUT2D eigenvalue weighted by Crippen LogP contribution is 2.35. The molecule has 2 atom stereocenters. The molecule has 0 aliphatic heterocycles. The van der Waals surface area contributed by atoms with Gasteiger partial charge in [0.2, 0.25) is 0 Å². The van der Waals surface area contributed by atoms with E-state index in [2.05, 4.69) is 59.4 Å². The van der Waals surface area contributed by atoms with Gasteiger partial charge in [0.25, 0.3) is 0 Å². The van der Waals surface area contributed by atoms with E-state index in [1.54, 1.807) is 7.11 Å². The first kappa shape index (κ1) is 15.6. The Morgan fingerprint density at radius 3 is 2.32 bits per heavy atom. The molecule has 19 heavy (non-hydrogen) atoms. The Hall–Kier alpha value is -1.42. The van der Waals surface area contributed by atoms with Crippen molar-refractivity contribution in [1.82, 2.24) is 0 Å². The van der Waals surface area contributed by atoms with Crippen LogP contribution < -0.4 is 4.74 Å². The van der Waals surface area contributed by atoms with E-state index >= 15 is 0 Å². The van der Waals surface area contributed by atoms with Crippen LogP contribution in [0.2, 0.25) is 0 Å². The van der Waals surface area contributed by atoms with E-state index in [4.69, 9.17) is 4.74 Å². The molecule has 104 valence electrons. The topological polar surface area (TPSA) is 9.23 Å².